The first kappa shape index (κ1) is 19.4. The predicted octanol–water partition coefficient (Wildman–Crippen LogP) is 3.19. The zero-order chi connectivity index (χ0) is 20.1. The maximum absolute atomic E-state index is 12.8. The highest BCUT2D eigenvalue weighted by Gasteiger charge is 2.29. The highest BCUT2D eigenvalue weighted by Crippen LogP contribution is 2.26. The van der Waals surface area contributed by atoms with Crippen molar-refractivity contribution in [2.75, 3.05) is 19.7 Å². The number of piperidine rings is 1. The number of aryl methyl sites for hydroxylation is 1. The predicted molar refractivity (Wildman–Crippen MR) is 107 cm³/mol. The van der Waals surface area contributed by atoms with Gasteiger partial charge in [0.1, 0.15) is 5.69 Å². The van der Waals surface area contributed by atoms with E-state index in [0.29, 0.717) is 43.6 Å². The van der Waals surface area contributed by atoms with E-state index in [4.69, 9.17) is 9.26 Å². The first-order valence-corrected chi connectivity index (χ1v) is 10.1. The minimum atomic E-state index is 0.0521. The Bertz CT molecular complexity index is 934. The third kappa shape index (κ3) is 4.74. The molecule has 4 rings (SSSR count). The van der Waals surface area contributed by atoms with Crippen LogP contribution in [0.1, 0.15) is 46.5 Å². The Morgan fingerprint density at radius 1 is 1.24 bits per heavy atom. The van der Waals surface area contributed by atoms with Crippen molar-refractivity contribution in [2.24, 2.45) is 7.05 Å². The van der Waals surface area contributed by atoms with Crippen LogP contribution in [-0.2, 0) is 24.8 Å². The number of carbonyl (C=O) groups is 1. The van der Waals surface area contributed by atoms with Gasteiger partial charge in [-0.1, -0.05) is 35.5 Å². The molecule has 1 unspecified atom stereocenters. The molecule has 1 amide bonds. The van der Waals surface area contributed by atoms with Gasteiger partial charge in [0.2, 0.25) is 5.89 Å². The summed E-state index contributed by atoms with van der Waals surface area (Å²) in [6.07, 6.45) is 4.37. The summed E-state index contributed by atoms with van der Waals surface area (Å²) in [5.74, 6) is 1.40. The zero-order valence-electron chi connectivity index (χ0n) is 16.7. The van der Waals surface area contributed by atoms with Gasteiger partial charge in [-0.2, -0.15) is 4.98 Å². The molecular weight excluding hydrogens is 368 g/mol. The van der Waals surface area contributed by atoms with E-state index in [1.165, 1.54) is 0 Å². The number of likely N-dealkylation sites (tertiary alicyclic amines) is 1. The highest BCUT2D eigenvalue weighted by atomic mass is 16.5. The third-order valence-electron chi connectivity index (χ3n) is 5.29. The average molecular weight is 394 g/mol. The Balaban J connectivity index is 1.29. The summed E-state index contributed by atoms with van der Waals surface area (Å²) >= 11 is 0. The van der Waals surface area contributed by atoms with E-state index in [9.17, 15) is 4.79 Å². The van der Waals surface area contributed by atoms with Crippen molar-refractivity contribution in [3.63, 3.8) is 0 Å². The van der Waals surface area contributed by atoms with Gasteiger partial charge in [-0.3, -0.25) is 4.79 Å². The van der Waals surface area contributed by atoms with Crippen molar-refractivity contribution in [3.05, 3.63) is 71.6 Å². The van der Waals surface area contributed by atoms with Gasteiger partial charge in [-0.05, 0) is 30.5 Å². The molecule has 3 heterocycles. The first-order valence-electron chi connectivity index (χ1n) is 10.1. The minimum absolute atomic E-state index is 0.0521. The summed E-state index contributed by atoms with van der Waals surface area (Å²) in [5, 5.41) is 4.10. The normalized spacial score (nSPS) is 16.9. The van der Waals surface area contributed by atoms with Crippen molar-refractivity contribution < 1.29 is 14.1 Å². The second kappa shape index (κ2) is 9.05. The Hall–Kier alpha value is -2.93. The number of benzene rings is 1. The van der Waals surface area contributed by atoms with Gasteiger partial charge in [0.25, 0.3) is 5.91 Å². The maximum atomic E-state index is 12.8. The number of hydrogen-bond donors (Lipinski definition) is 0. The topological polar surface area (TPSA) is 73.4 Å². The van der Waals surface area contributed by atoms with Crippen LogP contribution in [0.4, 0.5) is 0 Å². The van der Waals surface area contributed by atoms with Crippen molar-refractivity contribution in [3.8, 4) is 0 Å². The Labute approximate surface area is 170 Å². The number of aromatic nitrogens is 3. The molecule has 1 saturated heterocycles. The van der Waals surface area contributed by atoms with Gasteiger partial charge < -0.3 is 18.7 Å². The van der Waals surface area contributed by atoms with E-state index in [1.54, 1.807) is 0 Å². The molecule has 7 heteroatoms. The van der Waals surface area contributed by atoms with Crippen LogP contribution < -0.4 is 0 Å². The molecule has 29 heavy (non-hydrogen) atoms. The lowest BCUT2D eigenvalue weighted by Gasteiger charge is -2.31. The molecule has 7 nitrogen and oxygen atoms in total. The van der Waals surface area contributed by atoms with Crippen LogP contribution in [0.5, 0.6) is 0 Å². The molecule has 1 fully saturated rings. The summed E-state index contributed by atoms with van der Waals surface area (Å²) in [5.41, 5.74) is 1.85. The molecule has 1 atom stereocenters. The summed E-state index contributed by atoms with van der Waals surface area (Å²) in [7, 11) is 1.89. The number of hydrogen-bond acceptors (Lipinski definition) is 5. The molecule has 0 bridgehead atoms. The Morgan fingerprint density at radius 2 is 2.10 bits per heavy atom. The van der Waals surface area contributed by atoms with Crippen LogP contribution in [-0.4, -0.2) is 45.2 Å². The smallest absolute Gasteiger partial charge is 0.270 e. The van der Waals surface area contributed by atoms with Gasteiger partial charge in [0.15, 0.2) is 5.82 Å². The van der Waals surface area contributed by atoms with Crippen LogP contribution in [0.25, 0.3) is 0 Å². The average Bonchev–Trinajstić information content (AvgIpc) is 3.41. The number of amides is 1. The fourth-order valence-corrected chi connectivity index (χ4v) is 3.67. The molecule has 1 aromatic carbocycles. The summed E-state index contributed by atoms with van der Waals surface area (Å²) in [6, 6.07) is 13.8. The minimum Gasteiger partial charge on any atom is -0.376 e. The van der Waals surface area contributed by atoms with Crippen LogP contribution in [0.15, 0.2) is 53.2 Å². The van der Waals surface area contributed by atoms with Gasteiger partial charge in [-0.25, -0.2) is 0 Å². The third-order valence-corrected chi connectivity index (χ3v) is 5.29. The molecule has 1 aliphatic rings. The van der Waals surface area contributed by atoms with E-state index in [1.807, 2.05) is 65.2 Å². The van der Waals surface area contributed by atoms with Crippen molar-refractivity contribution >= 4 is 5.91 Å². The number of rotatable bonds is 7. The zero-order valence-corrected chi connectivity index (χ0v) is 16.7. The van der Waals surface area contributed by atoms with Crippen molar-refractivity contribution in [1.82, 2.24) is 19.6 Å². The lowest BCUT2D eigenvalue weighted by atomic mass is 9.97. The fraction of sp³-hybridized carbons (Fsp3) is 0.409. The first-order chi connectivity index (χ1) is 14.2. The lowest BCUT2D eigenvalue weighted by Crippen LogP contribution is -2.39. The molecule has 0 spiro atoms. The number of nitrogens with zero attached hydrogens (tertiary/aromatic N) is 4. The largest absolute Gasteiger partial charge is 0.376 e. The van der Waals surface area contributed by atoms with E-state index in [2.05, 4.69) is 10.1 Å². The van der Waals surface area contributed by atoms with E-state index < -0.39 is 0 Å². The van der Waals surface area contributed by atoms with Crippen molar-refractivity contribution in [2.45, 2.75) is 31.8 Å². The molecular formula is C22H26N4O3. The molecule has 0 aliphatic carbocycles. The van der Waals surface area contributed by atoms with Gasteiger partial charge in [-0.15, -0.1) is 0 Å². The van der Waals surface area contributed by atoms with E-state index >= 15 is 0 Å². The quantitative estimate of drug-likeness (QED) is 0.576. The molecule has 0 radical (unpaired) electrons. The molecule has 152 valence electrons. The number of carbonyl (C=O) groups excluding carboxylic acids is 1. The van der Waals surface area contributed by atoms with Crippen LogP contribution >= 0.6 is 0 Å². The molecule has 0 saturated carbocycles. The standard InChI is InChI=1S/C22H26N4O3/c1-25-12-6-10-19(25)22(27)26-13-5-9-18(15-26)21-23-20(24-29-21)11-14-28-16-17-7-3-2-4-8-17/h2-4,6-8,10,12,18H,5,9,11,13-16H2,1H3. The Kier molecular flexibility index (Phi) is 6.05. The molecule has 1 aliphatic heterocycles. The SMILES string of the molecule is Cn1cccc1C(=O)N1CCCC(c2nc(CCOCc3ccccc3)no2)C1. The highest BCUT2D eigenvalue weighted by molar-refractivity contribution is 5.92. The summed E-state index contributed by atoms with van der Waals surface area (Å²) in [4.78, 5) is 19.2. The van der Waals surface area contributed by atoms with Gasteiger partial charge in [0.05, 0.1) is 19.1 Å². The summed E-state index contributed by atoms with van der Waals surface area (Å²) in [6.45, 7) is 2.48. The van der Waals surface area contributed by atoms with E-state index in [0.717, 1.165) is 24.9 Å². The van der Waals surface area contributed by atoms with Crippen LogP contribution in [0.3, 0.4) is 0 Å². The number of ether oxygens (including phenoxy) is 1. The lowest BCUT2D eigenvalue weighted by molar-refractivity contribution is 0.0686. The monoisotopic (exact) mass is 394 g/mol. The molecule has 0 N–H and O–H groups in total. The summed E-state index contributed by atoms with van der Waals surface area (Å²) < 4.78 is 13.1. The fourth-order valence-electron chi connectivity index (χ4n) is 3.67. The second-order valence-corrected chi connectivity index (χ2v) is 7.43. The Morgan fingerprint density at radius 3 is 2.90 bits per heavy atom. The maximum Gasteiger partial charge on any atom is 0.270 e. The second-order valence-electron chi connectivity index (χ2n) is 7.43. The van der Waals surface area contributed by atoms with Gasteiger partial charge >= 0.3 is 0 Å². The van der Waals surface area contributed by atoms with Gasteiger partial charge in [0, 0.05) is 32.8 Å². The molecule has 2 aromatic heterocycles. The van der Waals surface area contributed by atoms with Crippen LogP contribution in [0.2, 0.25) is 0 Å². The van der Waals surface area contributed by atoms with Crippen LogP contribution in [0, 0.1) is 0 Å². The van der Waals surface area contributed by atoms with E-state index in [-0.39, 0.29) is 11.8 Å². The van der Waals surface area contributed by atoms with Crippen molar-refractivity contribution in [1.29, 1.82) is 0 Å². The molecule has 3 aromatic rings.